The highest BCUT2D eigenvalue weighted by atomic mass is 16.5. The maximum absolute atomic E-state index is 12.4. The summed E-state index contributed by atoms with van der Waals surface area (Å²) >= 11 is 0. The van der Waals surface area contributed by atoms with Gasteiger partial charge in [0, 0.05) is 31.4 Å². The highest BCUT2D eigenvalue weighted by Crippen LogP contribution is 2.17. The summed E-state index contributed by atoms with van der Waals surface area (Å²) in [5, 5.41) is 5.61. The molecule has 6 heteroatoms. The van der Waals surface area contributed by atoms with Crippen molar-refractivity contribution in [3.05, 3.63) is 24.3 Å². The molecule has 2 N–H and O–H groups in total. The van der Waals surface area contributed by atoms with E-state index in [1.54, 1.807) is 24.3 Å². The van der Waals surface area contributed by atoms with Crippen LogP contribution in [0, 0.1) is 0 Å². The van der Waals surface area contributed by atoms with Gasteiger partial charge in [-0.3, -0.25) is 14.5 Å². The molecule has 1 heterocycles. The van der Waals surface area contributed by atoms with Crippen LogP contribution in [0.4, 0.5) is 11.4 Å². The Morgan fingerprint density at radius 2 is 1.57 bits per heavy atom. The normalized spacial score (nSPS) is 23.1. The molecular formula is C17H25N3O3. The molecule has 2 rings (SSSR count). The lowest BCUT2D eigenvalue weighted by Crippen LogP contribution is -2.52. The van der Waals surface area contributed by atoms with Crippen molar-refractivity contribution < 1.29 is 14.3 Å². The van der Waals surface area contributed by atoms with Crippen LogP contribution in [0.2, 0.25) is 0 Å². The summed E-state index contributed by atoms with van der Waals surface area (Å²) in [6.07, 6.45) is 0.261. The Kier molecular flexibility index (Phi) is 5.74. The molecule has 3 atom stereocenters. The lowest BCUT2D eigenvalue weighted by molar-refractivity contribution is -0.126. The summed E-state index contributed by atoms with van der Waals surface area (Å²) < 4.78 is 5.70. The van der Waals surface area contributed by atoms with Crippen molar-refractivity contribution in [3.63, 3.8) is 0 Å². The molecule has 0 spiro atoms. The summed E-state index contributed by atoms with van der Waals surface area (Å²) in [4.78, 5) is 25.6. The van der Waals surface area contributed by atoms with Crippen molar-refractivity contribution in [3.8, 4) is 0 Å². The number of amides is 2. The zero-order chi connectivity index (χ0) is 17.0. The molecule has 1 aromatic carbocycles. The summed E-state index contributed by atoms with van der Waals surface area (Å²) in [7, 11) is 0. The minimum absolute atomic E-state index is 0.0430. The van der Waals surface area contributed by atoms with E-state index >= 15 is 0 Å². The van der Waals surface area contributed by atoms with Crippen LogP contribution in [-0.4, -0.2) is 48.1 Å². The number of hydrogen-bond acceptors (Lipinski definition) is 4. The van der Waals surface area contributed by atoms with Gasteiger partial charge in [0.15, 0.2) is 0 Å². The number of rotatable bonds is 4. The molecule has 0 saturated carbocycles. The fraction of sp³-hybridized carbons (Fsp3) is 0.529. The summed E-state index contributed by atoms with van der Waals surface area (Å²) in [6.45, 7) is 8.91. The van der Waals surface area contributed by atoms with Crippen LogP contribution in [0.15, 0.2) is 24.3 Å². The third-order valence-corrected chi connectivity index (χ3v) is 3.85. The topological polar surface area (TPSA) is 70.7 Å². The van der Waals surface area contributed by atoms with E-state index in [2.05, 4.69) is 15.5 Å². The van der Waals surface area contributed by atoms with Gasteiger partial charge in [0.2, 0.25) is 11.8 Å². The molecule has 1 aliphatic rings. The smallest absolute Gasteiger partial charge is 0.241 e. The van der Waals surface area contributed by atoms with Crippen molar-refractivity contribution in [1.29, 1.82) is 0 Å². The number of hydrogen-bond donors (Lipinski definition) is 2. The van der Waals surface area contributed by atoms with Gasteiger partial charge in [0.05, 0.1) is 18.2 Å². The predicted molar refractivity (Wildman–Crippen MR) is 90.4 cm³/mol. The first-order valence-electron chi connectivity index (χ1n) is 7.93. The van der Waals surface area contributed by atoms with Gasteiger partial charge in [-0.15, -0.1) is 0 Å². The molecule has 0 unspecified atom stereocenters. The van der Waals surface area contributed by atoms with Crippen molar-refractivity contribution in [2.24, 2.45) is 0 Å². The highest BCUT2D eigenvalue weighted by Gasteiger charge is 2.29. The van der Waals surface area contributed by atoms with Gasteiger partial charge in [0.25, 0.3) is 0 Å². The van der Waals surface area contributed by atoms with E-state index in [0.717, 1.165) is 13.1 Å². The average Bonchev–Trinajstić information content (AvgIpc) is 2.47. The van der Waals surface area contributed by atoms with Gasteiger partial charge in [-0.2, -0.15) is 0 Å². The second-order valence-corrected chi connectivity index (χ2v) is 6.13. The van der Waals surface area contributed by atoms with E-state index in [0.29, 0.717) is 11.4 Å². The largest absolute Gasteiger partial charge is 0.373 e. The van der Waals surface area contributed by atoms with Crippen molar-refractivity contribution in [2.45, 2.75) is 45.9 Å². The Labute approximate surface area is 137 Å². The molecule has 0 bridgehead atoms. The quantitative estimate of drug-likeness (QED) is 0.891. The Balaban J connectivity index is 1.94. The maximum atomic E-state index is 12.4. The highest BCUT2D eigenvalue weighted by molar-refractivity contribution is 5.95. The average molecular weight is 319 g/mol. The van der Waals surface area contributed by atoms with Gasteiger partial charge in [-0.1, -0.05) is 0 Å². The van der Waals surface area contributed by atoms with Crippen LogP contribution in [-0.2, 0) is 14.3 Å². The monoisotopic (exact) mass is 319 g/mol. The van der Waals surface area contributed by atoms with Gasteiger partial charge < -0.3 is 15.4 Å². The molecule has 23 heavy (non-hydrogen) atoms. The summed E-state index contributed by atoms with van der Waals surface area (Å²) in [6, 6.07) is 6.86. The molecule has 6 nitrogen and oxygen atoms in total. The zero-order valence-electron chi connectivity index (χ0n) is 14.1. The Hall–Kier alpha value is -1.92. The van der Waals surface area contributed by atoms with Gasteiger partial charge in [-0.25, -0.2) is 0 Å². The maximum Gasteiger partial charge on any atom is 0.241 e. The molecule has 2 amide bonds. The van der Waals surface area contributed by atoms with Gasteiger partial charge in [-0.05, 0) is 45.0 Å². The number of ether oxygens (including phenoxy) is 1. The van der Waals surface area contributed by atoms with E-state index in [-0.39, 0.29) is 30.1 Å². The first kappa shape index (κ1) is 17.4. The SMILES string of the molecule is CC(=O)Nc1ccc(NC(=O)[C@@H](C)N2C[C@@H](C)O[C@@H](C)C2)cc1. The van der Waals surface area contributed by atoms with Crippen LogP contribution in [0.3, 0.4) is 0 Å². The van der Waals surface area contributed by atoms with E-state index < -0.39 is 0 Å². The van der Waals surface area contributed by atoms with Crippen LogP contribution in [0.5, 0.6) is 0 Å². The molecule has 0 radical (unpaired) electrons. The van der Waals surface area contributed by atoms with E-state index in [9.17, 15) is 9.59 Å². The minimum atomic E-state index is -0.223. The van der Waals surface area contributed by atoms with E-state index in [1.807, 2.05) is 20.8 Å². The van der Waals surface area contributed by atoms with Gasteiger partial charge >= 0.3 is 0 Å². The molecule has 1 saturated heterocycles. The number of morpholine rings is 1. The molecule has 1 aromatic rings. The Bertz CT molecular complexity index is 549. The molecular weight excluding hydrogens is 294 g/mol. The molecule has 0 aliphatic carbocycles. The van der Waals surface area contributed by atoms with E-state index in [1.165, 1.54) is 6.92 Å². The minimum Gasteiger partial charge on any atom is -0.373 e. The zero-order valence-corrected chi connectivity index (χ0v) is 14.1. The summed E-state index contributed by atoms with van der Waals surface area (Å²) in [5.74, 6) is -0.162. The second kappa shape index (κ2) is 7.57. The first-order chi connectivity index (χ1) is 10.8. The van der Waals surface area contributed by atoms with Crippen LogP contribution >= 0.6 is 0 Å². The van der Waals surface area contributed by atoms with Crippen LogP contribution in [0.1, 0.15) is 27.7 Å². The fourth-order valence-corrected chi connectivity index (χ4v) is 2.79. The number of nitrogens with one attached hydrogen (secondary N) is 2. The number of anilines is 2. The predicted octanol–water partition coefficient (Wildman–Crippen LogP) is 2.08. The van der Waals surface area contributed by atoms with Crippen molar-refractivity contribution in [1.82, 2.24) is 4.90 Å². The second-order valence-electron chi connectivity index (χ2n) is 6.13. The van der Waals surface area contributed by atoms with Crippen molar-refractivity contribution in [2.75, 3.05) is 23.7 Å². The third-order valence-electron chi connectivity index (χ3n) is 3.85. The fourth-order valence-electron chi connectivity index (χ4n) is 2.79. The lowest BCUT2D eigenvalue weighted by atomic mass is 10.1. The van der Waals surface area contributed by atoms with Crippen LogP contribution in [0.25, 0.3) is 0 Å². The molecule has 1 aliphatic heterocycles. The van der Waals surface area contributed by atoms with E-state index in [4.69, 9.17) is 4.74 Å². The molecule has 1 fully saturated rings. The standard InChI is InChI=1S/C17H25N3O3/c1-11-9-20(10-12(2)23-11)13(3)17(22)19-16-7-5-15(6-8-16)18-14(4)21/h5-8,11-13H,9-10H2,1-4H3,(H,18,21)(H,19,22)/t11-,12+,13-/m1/s1. The van der Waals surface area contributed by atoms with Gasteiger partial charge in [0.1, 0.15) is 0 Å². The number of carbonyl (C=O) groups is 2. The summed E-state index contributed by atoms with van der Waals surface area (Å²) in [5.41, 5.74) is 1.42. The number of carbonyl (C=O) groups excluding carboxylic acids is 2. The number of benzene rings is 1. The lowest BCUT2D eigenvalue weighted by Gasteiger charge is -2.38. The Morgan fingerprint density at radius 3 is 2.04 bits per heavy atom. The Morgan fingerprint density at radius 1 is 1.09 bits per heavy atom. The third kappa shape index (κ3) is 5.04. The molecule has 126 valence electrons. The number of nitrogens with zero attached hydrogens (tertiary/aromatic N) is 1. The molecule has 0 aromatic heterocycles. The van der Waals surface area contributed by atoms with Crippen molar-refractivity contribution >= 4 is 23.2 Å². The first-order valence-corrected chi connectivity index (χ1v) is 7.93. The van der Waals surface area contributed by atoms with Crippen LogP contribution < -0.4 is 10.6 Å².